The van der Waals surface area contributed by atoms with Crippen LogP contribution in [0.3, 0.4) is 0 Å². The van der Waals surface area contributed by atoms with Gasteiger partial charge in [-0.2, -0.15) is 0 Å². The van der Waals surface area contributed by atoms with Crippen molar-refractivity contribution in [3.63, 3.8) is 0 Å². The first-order valence-corrected chi connectivity index (χ1v) is 10.6. The van der Waals surface area contributed by atoms with Crippen molar-refractivity contribution >= 4 is 31.7 Å². The molecule has 0 aliphatic heterocycles. The zero-order valence-electron chi connectivity index (χ0n) is 13.4. The van der Waals surface area contributed by atoms with Gasteiger partial charge in [-0.1, -0.05) is 53.4 Å². The van der Waals surface area contributed by atoms with Crippen LogP contribution >= 0.6 is 7.26 Å². The first-order valence-electron chi connectivity index (χ1n) is 8.09. The minimum Gasteiger partial charge on any atom is -0.0652 e. The smallest absolute Gasteiger partial charge is 0.0594 e. The summed E-state index contributed by atoms with van der Waals surface area (Å²) in [5.41, 5.74) is 0. The van der Waals surface area contributed by atoms with E-state index in [1.54, 1.807) is 24.6 Å². The maximum Gasteiger partial charge on any atom is 0.0594 e. The third-order valence-corrected chi connectivity index (χ3v) is 9.00. The van der Waals surface area contributed by atoms with Crippen molar-refractivity contribution in [3.05, 3.63) is 0 Å². The Labute approximate surface area is 135 Å². The van der Waals surface area contributed by atoms with Crippen LogP contribution in [0.2, 0.25) is 0 Å². The maximum atomic E-state index is 2.36. The zero-order chi connectivity index (χ0) is 13.0. The van der Waals surface area contributed by atoms with Gasteiger partial charge in [0.15, 0.2) is 0 Å². The number of hydrogen-bond donors (Lipinski definition) is 0. The van der Waals surface area contributed by atoms with Gasteiger partial charge in [0.25, 0.3) is 0 Å². The van der Waals surface area contributed by atoms with Crippen molar-refractivity contribution in [2.24, 2.45) is 0 Å². The van der Waals surface area contributed by atoms with E-state index in [9.17, 15) is 0 Å². The maximum absolute atomic E-state index is 2.36. The molecular formula is C16H36PSb+. The number of unbranched alkanes of at least 4 members (excludes halogenated alkanes) is 4. The van der Waals surface area contributed by atoms with Crippen LogP contribution in [0.4, 0.5) is 0 Å². The van der Waals surface area contributed by atoms with Crippen molar-refractivity contribution in [2.45, 2.75) is 79.1 Å². The fraction of sp³-hybridized carbons (Fsp3) is 1.00. The van der Waals surface area contributed by atoms with E-state index in [0.717, 1.165) is 0 Å². The molecule has 0 saturated carbocycles. The average Bonchev–Trinajstić information content (AvgIpc) is 2.37. The van der Waals surface area contributed by atoms with Gasteiger partial charge in [0.2, 0.25) is 0 Å². The molecule has 0 aromatic carbocycles. The van der Waals surface area contributed by atoms with Crippen molar-refractivity contribution < 1.29 is 0 Å². The van der Waals surface area contributed by atoms with Crippen LogP contribution in [0.1, 0.15) is 79.1 Å². The Morgan fingerprint density at radius 1 is 0.500 bits per heavy atom. The predicted octanol–water partition coefficient (Wildman–Crippen LogP) is 5.82. The second-order valence-corrected chi connectivity index (χ2v) is 10.1. The van der Waals surface area contributed by atoms with Gasteiger partial charge >= 0.3 is 0 Å². The standard InChI is InChI=1S/C16H36P.Sb/c1-5-9-13-17(14-10-6-2,15-11-7-3)16-12-8-4;/h5-16H2,1-4H3;/q+1;. The molecular weight excluding hydrogens is 345 g/mol. The van der Waals surface area contributed by atoms with Gasteiger partial charge in [0.05, 0.1) is 24.6 Å². The Morgan fingerprint density at radius 3 is 0.889 bits per heavy atom. The fourth-order valence-electron chi connectivity index (χ4n) is 2.64. The van der Waals surface area contributed by atoms with Crippen LogP contribution in [-0.2, 0) is 0 Å². The van der Waals surface area contributed by atoms with E-state index in [-0.39, 0.29) is 24.4 Å². The molecule has 0 atom stereocenters. The van der Waals surface area contributed by atoms with E-state index >= 15 is 0 Å². The molecule has 0 heterocycles. The van der Waals surface area contributed by atoms with Crippen LogP contribution < -0.4 is 0 Å². The minimum atomic E-state index is -0.562. The molecule has 0 rings (SSSR count). The van der Waals surface area contributed by atoms with Crippen molar-refractivity contribution in [3.8, 4) is 0 Å². The molecule has 0 aromatic rings. The number of hydrogen-bond acceptors (Lipinski definition) is 0. The van der Waals surface area contributed by atoms with E-state index in [1.807, 2.05) is 0 Å². The first kappa shape index (κ1) is 21.5. The molecule has 0 unspecified atom stereocenters. The Hall–Kier alpha value is 1.25. The van der Waals surface area contributed by atoms with Gasteiger partial charge in [-0.05, 0) is 25.7 Å². The number of rotatable bonds is 12. The fourth-order valence-corrected chi connectivity index (χ4v) is 7.93. The van der Waals surface area contributed by atoms with Crippen LogP contribution in [0, 0.1) is 0 Å². The normalized spacial score (nSPS) is 11.3. The molecule has 0 bridgehead atoms. The van der Waals surface area contributed by atoms with Crippen molar-refractivity contribution in [2.75, 3.05) is 24.6 Å². The Kier molecular flexibility index (Phi) is 17.5. The average molecular weight is 381 g/mol. The van der Waals surface area contributed by atoms with E-state index < -0.39 is 7.26 Å². The van der Waals surface area contributed by atoms with Gasteiger partial charge < -0.3 is 0 Å². The molecule has 0 amide bonds. The SMILES string of the molecule is CCCC[P+](CCCC)(CCCC)CCCC.[Sb]. The van der Waals surface area contributed by atoms with E-state index in [2.05, 4.69) is 27.7 Å². The van der Waals surface area contributed by atoms with Crippen LogP contribution in [0.15, 0.2) is 0 Å². The summed E-state index contributed by atoms with van der Waals surface area (Å²) in [5.74, 6) is 0. The van der Waals surface area contributed by atoms with Crippen LogP contribution in [0.25, 0.3) is 0 Å². The third-order valence-electron chi connectivity index (χ3n) is 3.94. The van der Waals surface area contributed by atoms with Gasteiger partial charge in [0.1, 0.15) is 0 Å². The minimum absolute atomic E-state index is 0. The van der Waals surface area contributed by atoms with Gasteiger partial charge in [0, 0.05) is 31.7 Å². The molecule has 0 saturated heterocycles. The summed E-state index contributed by atoms with van der Waals surface area (Å²) in [5, 5.41) is 0. The quantitative estimate of drug-likeness (QED) is 0.295. The summed E-state index contributed by atoms with van der Waals surface area (Å²) in [6, 6.07) is 0. The summed E-state index contributed by atoms with van der Waals surface area (Å²) < 4.78 is 0. The van der Waals surface area contributed by atoms with E-state index in [0.29, 0.717) is 0 Å². The molecule has 3 radical (unpaired) electrons. The monoisotopic (exact) mass is 380 g/mol. The Bertz CT molecular complexity index is 122. The molecule has 0 aliphatic carbocycles. The van der Waals surface area contributed by atoms with Crippen LogP contribution in [0.5, 0.6) is 0 Å². The van der Waals surface area contributed by atoms with Crippen molar-refractivity contribution in [1.29, 1.82) is 0 Å². The molecule has 2 heteroatoms. The van der Waals surface area contributed by atoms with Gasteiger partial charge in [-0.25, -0.2) is 0 Å². The first-order chi connectivity index (χ1) is 8.24. The molecule has 0 spiro atoms. The molecule has 0 nitrogen and oxygen atoms in total. The van der Waals surface area contributed by atoms with E-state index in [4.69, 9.17) is 0 Å². The molecule has 0 aromatic heterocycles. The predicted molar refractivity (Wildman–Crippen MR) is 91.8 cm³/mol. The summed E-state index contributed by atoms with van der Waals surface area (Å²) in [6.07, 6.45) is 17.9. The molecule has 0 N–H and O–H groups in total. The summed E-state index contributed by atoms with van der Waals surface area (Å²) in [6.45, 7) is 9.42. The topological polar surface area (TPSA) is 0 Å². The molecule has 0 aliphatic rings. The molecule has 0 fully saturated rings. The van der Waals surface area contributed by atoms with E-state index in [1.165, 1.54) is 51.4 Å². The van der Waals surface area contributed by atoms with Gasteiger partial charge in [-0.15, -0.1) is 0 Å². The third kappa shape index (κ3) is 10.1. The summed E-state index contributed by atoms with van der Waals surface area (Å²) in [7, 11) is -0.562. The Morgan fingerprint density at radius 2 is 0.722 bits per heavy atom. The summed E-state index contributed by atoms with van der Waals surface area (Å²) in [4.78, 5) is 0. The summed E-state index contributed by atoms with van der Waals surface area (Å²) >= 11 is 0. The van der Waals surface area contributed by atoms with Crippen molar-refractivity contribution in [1.82, 2.24) is 0 Å². The van der Waals surface area contributed by atoms with Crippen LogP contribution in [-0.4, -0.2) is 49.1 Å². The molecule has 109 valence electrons. The molecule has 18 heavy (non-hydrogen) atoms. The largest absolute Gasteiger partial charge is 0.0652 e. The van der Waals surface area contributed by atoms with Gasteiger partial charge in [-0.3, -0.25) is 0 Å². The zero-order valence-corrected chi connectivity index (χ0v) is 16.8. The second-order valence-electron chi connectivity index (χ2n) is 5.65. The second kappa shape index (κ2) is 14.7. The Balaban J connectivity index is 0.